The van der Waals surface area contributed by atoms with E-state index in [1.807, 2.05) is 11.9 Å². The summed E-state index contributed by atoms with van der Waals surface area (Å²) in [6.07, 6.45) is 0. The lowest BCUT2D eigenvalue weighted by molar-refractivity contribution is 0.350. The Morgan fingerprint density at radius 3 is 2.38 bits per heavy atom. The van der Waals surface area contributed by atoms with Crippen LogP contribution < -0.4 is 5.73 Å². The number of nitrogens with two attached hydrogens (primary N) is 1. The maximum absolute atomic E-state index is 5.31. The first kappa shape index (κ1) is 8.27. The fourth-order valence-electron chi connectivity index (χ4n) is 0.526. The first-order chi connectivity index (χ1) is 3.66. The van der Waals surface area contributed by atoms with Gasteiger partial charge in [0.15, 0.2) is 0 Å². The Morgan fingerprint density at radius 2 is 2.25 bits per heavy atom. The van der Waals surface area contributed by atoms with Gasteiger partial charge in [-0.3, -0.25) is 4.90 Å². The van der Waals surface area contributed by atoms with Gasteiger partial charge < -0.3 is 5.73 Å². The van der Waals surface area contributed by atoms with Gasteiger partial charge in [0.05, 0.1) is 0 Å². The summed E-state index contributed by atoms with van der Waals surface area (Å²) in [6, 6.07) is 0. The van der Waals surface area contributed by atoms with Crippen molar-refractivity contribution in [3.63, 3.8) is 0 Å². The van der Waals surface area contributed by atoms with Crippen LogP contribution in [-0.4, -0.2) is 30.4 Å². The van der Waals surface area contributed by atoms with Crippen molar-refractivity contribution >= 4 is 12.6 Å². The number of rotatable bonds is 3. The maximum Gasteiger partial charge on any atom is 0.0452 e. The van der Waals surface area contributed by atoms with Gasteiger partial charge in [-0.25, -0.2) is 0 Å². The normalized spacial score (nSPS) is 14.6. The zero-order valence-corrected chi connectivity index (χ0v) is 6.36. The molecule has 0 radical (unpaired) electrons. The number of hydrogen-bond donors (Lipinski definition) is 2. The Kier molecular flexibility index (Phi) is 4.32. The van der Waals surface area contributed by atoms with Crippen LogP contribution in [0.15, 0.2) is 0 Å². The predicted octanol–water partition coefficient (Wildman–Crippen LogP) is 0.153. The van der Waals surface area contributed by atoms with Crippen molar-refractivity contribution in [2.45, 2.75) is 12.2 Å². The highest BCUT2D eigenvalue weighted by molar-refractivity contribution is 7.80. The average Bonchev–Trinajstić information content (AvgIpc) is 1.65. The van der Waals surface area contributed by atoms with Gasteiger partial charge in [0.25, 0.3) is 0 Å². The molecule has 1 atom stereocenters. The van der Waals surface area contributed by atoms with Crippen LogP contribution in [0.3, 0.4) is 0 Å². The fourth-order valence-corrected chi connectivity index (χ4v) is 0.804. The van der Waals surface area contributed by atoms with Gasteiger partial charge >= 0.3 is 0 Å². The molecule has 0 rings (SSSR count). The zero-order valence-electron chi connectivity index (χ0n) is 5.46. The van der Waals surface area contributed by atoms with Crippen molar-refractivity contribution in [1.82, 2.24) is 4.90 Å². The molecular weight excluding hydrogens is 120 g/mol. The highest BCUT2D eigenvalue weighted by atomic mass is 32.1. The molecule has 0 heterocycles. The molecule has 8 heavy (non-hydrogen) atoms. The van der Waals surface area contributed by atoms with E-state index in [0.717, 1.165) is 6.54 Å². The number of hydrogen-bond acceptors (Lipinski definition) is 3. The molecule has 0 aliphatic heterocycles. The van der Waals surface area contributed by atoms with E-state index in [4.69, 9.17) is 5.73 Å². The fraction of sp³-hybridized carbons (Fsp3) is 1.00. The second-order valence-electron chi connectivity index (χ2n) is 2.07. The third-order valence-electron chi connectivity index (χ3n) is 0.888. The van der Waals surface area contributed by atoms with Crippen molar-refractivity contribution in [2.75, 3.05) is 20.3 Å². The van der Waals surface area contributed by atoms with E-state index in [1.165, 1.54) is 0 Å². The number of nitrogens with zero attached hydrogens (tertiary/aromatic N) is 1. The van der Waals surface area contributed by atoms with Crippen molar-refractivity contribution in [3.8, 4) is 0 Å². The smallest absolute Gasteiger partial charge is 0.0452 e. The monoisotopic (exact) mass is 134 g/mol. The Balaban J connectivity index is 3.10. The van der Waals surface area contributed by atoms with E-state index in [0.29, 0.717) is 11.9 Å². The molecule has 0 aromatic rings. The average molecular weight is 134 g/mol. The van der Waals surface area contributed by atoms with Crippen LogP contribution in [0.25, 0.3) is 0 Å². The van der Waals surface area contributed by atoms with Crippen molar-refractivity contribution in [2.24, 2.45) is 5.73 Å². The molecular formula is C5H14N2S. The maximum atomic E-state index is 5.31. The second kappa shape index (κ2) is 4.18. The summed E-state index contributed by atoms with van der Waals surface area (Å²) in [5, 5.41) is 0.420. The van der Waals surface area contributed by atoms with Crippen LogP contribution in [0.1, 0.15) is 6.92 Å². The van der Waals surface area contributed by atoms with Gasteiger partial charge in [-0.15, -0.1) is 0 Å². The highest BCUT2D eigenvalue weighted by Crippen LogP contribution is 1.92. The summed E-state index contributed by atoms with van der Waals surface area (Å²) < 4.78 is 0. The van der Waals surface area contributed by atoms with E-state index in [-0.39, 0.29) is 0 Å². The quantitative estimate of drug-likeness (QED) is 0.425. The molecule has 2 N–H and O–H groups in total. The molecule has 0 saturated carbocycles. The Hall–Kier alpha value is 0.270. The summed E-state index contributed by atoms with van der Waals surface area (Å²) in [7, 11) is 1.98. The summed E-state index contributed by atoms with van der Waals surface area (Å²) in [5.41, 5.74) is 5.31. The molecule has 0 aromatic heterocycles. The van der Waals surface area contributed by atoms with Crippen LogP contribution in [0.4, 0.5) is 0 Å². The van der Waals surface area contributed by atoms with Gasteiger partial charge in [0.2, 0.25) is 0 Å². The molecule has 0 bridgehead atoms. The SMILES string of the molecule is CC(S)CN(C)CN. The van der Waals surface area contributed by atoms with Crippen LogP contribution >= 0.6 is 12.6 Å². The summed E-state index contributed by atoms with van der Waals surface area (Å²) >= 11 is 4.19. The van der Waals surface area contributed by atoms with Crippen molar-refractivity contribution in [3.05, 3.63) is 0 Å². The van der Waals surface area contributed by atoms with E-state index >= 15 is 0 Å². The summed E-state index contributed by atoms with van der Waals surface area (Å²) in [6.45, 7) is 3.62. The molecule has 0 aromatic carbocycles. The first-order valence-corrected chi connectivity index (χ1v) is 3.25. The van der Waals surface area contributed by atoms with Crippen molar-refractivity contribution in [1.29, 1.82) is 0 Å². The van der Waals surface area contributed by atoms with Gasteiger partial charge in [0.1, 0.15) is 0 Å². The topological polar surface area (TPSA) is 29.3 Å². The Labute approximate surface area is 56.5 Å². The molecule has 0 spiro atoms. The van der Waals surface area contributed by atoms with Crippen LogP contribution in [-0.2, 0) is 0 Å². The zero-order chi connectivity index (χ0) is 6.57. The number of thiol groups is 1. The molecule has 2 nitrogen and oxygen atoms in total. The summed E-state index contributed by atoms with van der Waals surface area (Å²) in [5.74, 6) is 0. The second-order valence-corrected chi connectivity index (χ2v) is 2.95. The highest BCUT2D eigenvalue weighted by Gasteiger charge is 1.96. The van der Waals surface area contributed by atoms with E-state index in [9.17, 15) is 0 Å². The van der Waals surface area contributed by atoms with Crippen LogP contribution in [0, 0.1) is 0 Å². The molecule has 1 unspecified atom stereocenters. The Bertz CT molecular complexity index is 56.4. The third kappa shape index (κ3) is 4.43. The lowest BCUT2D eigenvalue weighted by atomic mass is 10.4. The molecule has 0 saturated heterocycles. The van der Waals surface area contributed by atoms with E-state index in [1.54, 1.807) is 0 Å². The standard InChI is InChI=1S/C5H14N2S/c1-5(8)3-7(2)4-6/h5,8H,3-4,6H2,1-2H3. The molecule has 50 valence electrons. The molecule has 0 aliphatic carbocycles. The predicted molar refractivity (Wildman–Crippen MR) is 40.1 cm³/mol. The first-order valence-electron chi connectivity index (χ1n) is 2.73. The lowest BCUT2D eigenvalue weighted by Crippen LogP contribution is -2.30. The minimum Gasteiger partial charge on any atom is -0.318 e. The summed E-state index contributed by atoms with van der Waals surface area (Å²) in [4.78, 5) is 2.03. The minimum atomic E-state index is 0.420. The van der Waals surface area contributed by atoms with E-state index < -0.39 is 0 Å². The van der Waals surface area contributed by atoms with Gasteiger partial charge in [-0.05, 0) is 7.05 Å². The lowest BCUT2D eigenvalue weighted by Gasteiger charge is -2.14. The molecule has 3 heteroatoms. The molecule has 0 amide bonds. The van der Waals surface area contributed by atoms with Gasteiger partial charge in [-0.1, -0.05) is 6.92 Å². The minimum absolute atomic E-state index is 0.420. The largest absolute Gasteiger partial charge is 0.318 e. The van der Waals surface area contributed by atoms with Gasteiger partial charge in [0, 0.05) is 18.5 Å². The van der Waals surface area contributed by atoms with Crippen LogP contribution in [0.5, 0.6) is 0 Å². The third-order valence-corrected chi connectivity index (χ3v) is 1.05. The van der Waals surface area contributed by atoms with Crippen LogP contribution in [0.2, 0.25) is 0 Å². The van der Waals surface area contributed by atoms with Crippen molar-refractivity contribution < 1.29 is 0 Å². The van der Waals surface area contributed by atoms with E-state index in [2.05, 4.69) is 19.6 Å². The van der Waals surface area contributed by atoms with Gasteiger partial charge in [-0.2, -0.15) is 12.6 Å². The molecule has 0 aliphatic rings. The molecule has 0 fully saturated rings. The Morgan fingerprint density at radius 1 is 1.75 bits per heavy atom.